The summed E-state index contributed by atoms with van der Waals surface area (Å²) in [6.45, 7) is 6.65. The van der Waals surface area contributed by atoms with E-state index in [0.717, 1.165) is 36.3 Å². The summed E-state index contributed by atoms with van der Waals surface area (Å²) in [4.78, 5) is 0. The number of nitrogens with one attached hydrogen (secondary N) is 1. The molecule has 0 atom stereocenters. The molecule has 3 rings (SSSR count). The highest BCUT2D eigenvalue weighted by Crippen LogP contribution is 2.26. The smallest absolute Gasteiger partial charge is 0.119 e. The van der Waals surface area contributed by atoms with Crippen molar-refractivity contribution in [1.82, 2.24) is 0 Å². The van der Waals surface area contributed by atoms with Gasteiger partial charge in [-0.25, -0.2) is 0 Å². The predicted octanol–water partition coefficient (Wildman–Crippen LogP) is 6.65. The van der Waals surface area contributed by atoms with Crippen LogP contribution in [0.3, 0.4) is 0 Å². The zero-order chi connectivity index (χ0) is 19.6. The Morgan fingerprint density at radius 1 is 0.821 bits per heavy atom. The largest absolute Gasteiger partial charge is 0.494 e. The van der Waals surface area contributed by atoms with Crippen LogP contribution < -0.4 is 14.8 Å². The Balaban J connectivity index is 1.31. The molecule has 3 nitrogen and oxygen atoms in total. The molecule has 2 aromatic carbocycles. The number of rotatable bonds is 10. The first kappa shape index (κ1) is 20.6. The Morgan fingerprint density at radius 2 is 1.43 bits per heavy atom. The predicted molar refractivity (Wildman–Crippen MR) is 118 cm³/mol. The van der Waals surface area contributed by atoms with Crippen LogP contribution in [-0.2, 0) is 0 Å². The quantitative estimate of drug-likeness (QED) is 0.467. The average molecular weight is 382 g/mol. The van der Waals surface area contributed by atoms with Crippen LogP contribution >= 0.6 is 0 Å². The molecule has 0 spiro atoms. The normalized spacial score (nSPS) is 14.8. The molecule has 0 heterocycles. The summed E-state index contributed by atoms with van der Waals surface area (Å²) in [5, 5.41) is 3.40. The third-order valence-electron chi connectivity index (χ3n) is 5.62. The number of anilines is 1. The lowest BCUT2D eigenvalue weighted by atomic mass is 9.87. The molecular weight excluding hydrogens is 346 g/mol. The van der Waals surface area contributed by atoms with Crippen molar-refractivity contribution in [3.63, 3.8) is 0 Å². The molecule has 0 aliphatic heterocycles. The molecule has 0 saturated heterocycles. The molecule has 0 aromatic heterocycles. The molecule has 2 aromatic rings. The van der Waals surface area contributed by atoms with Gasteiger partial charge in [0.1, 0.15) is 18.1 Å². The van der Waals surface area contributed by atoms with Gasteiger partial charge in [0.15, 0.2) is 0 Å². The van der Waals surface area contributed by atoms with Crippen LogP contribution in [0.15, 0.2) is 48.5 Å². The Bertz CT molecular complexity index is 673. The van der Waals surface area contributed by atoms with Crippen molar-refractivity contribution in [3.05, 3.63) is 54.1 Å². The van der Waals surface area contributed by atoms with Gasteiger partial charge >= 0.3 is 0 Å². The van der Waals surface area contributed by atoms with E-state index in [-0.39, 0.29) is 0 Å². The van der Waals surface area contributed by atoms with E-state index in [0.29, 0.717) is 12.5 Å². The lowest BCUT2D eigenvalue weighted by molar-refractivity contribution is 0.246. The van der Waals surface area contributed by atoms with Gasteiger partial charge in [0.2, 0.25) is 0 Å². The van der Waals surface area contributed by atoms with Crippen LogP contribution in [0.1, 0.15) is 63.9 Å². The maximum absolute atomic E-state index is 5.92. The Morgan fingerprint density at radius 3 is 2.07 bits per heavy atom. The highest BCUT2D eigenvalue weighted by Gasteiger charge is 2.13. The standard InChI is InChI=1S/C25H35NO2/c1-20(2)22-8-12-24(13-9-22)28-19-17-26-23-10-14-25(15-11-23)27-18-16-21-6-4-3-5-7-21/h8-15,20-21,26H,3-7,16-19H2,1-2H3. The van der Waals surface area contributed by atoms with E-state index in [9.17, 15) is 0 Å². The fraction of sp³-hybridized carbons (Fsp3) is 0.520. The van der Waals surface area contributed by atoms with Crippen LogP contribution in [0.4, 0.5) is 5.69 Å². The maximum atomic E-state index is 5.92. The number of hydrogen-bond acceptors (Lipinski definition) is 3. The lowest BCUT2D eigenvalue weighted by Crippen LogP contribution is -2.12. The van der Waals surface area contributed by atoms with Gasteiger partial charge in [-0.05, 0) is 60.2 Å². The molecule has 1 fully saturated rings. The molecule has 0 radical (unpaired) electrons. The summed E-state index contributed by atoms with van der Waals surface area (Å²) in [7, 11) is 0. The molecule has 0 unspecified atom stereocenters. The minimum atomic E-state index is 0.551. The van der Waals surface area contributed by atoms with Crippen LogP contribution in [0.25, 0.3) is 0 Å². The van der Waals surface area contributed by atoms with Gasteiger partial charge in [0.05, 0.1) is 6.61 Å². The zero-order valence-electron chi connectivity index (χ0n) is 17.5. The van der Waals surface area contributed by atoms with Gasteiger partial charge in [-0.2, -0.15) is 0 Å². The Hall–Kier alpha value is -2.16. The molecule has 0 bridgehead atoms. The third kappa shape index (κ3) is 6.78. The first-order chi connectivity index (χ1) is 13.7. The van der Waals surface area contributed by atoms with E-state index < -0.39 is 0 Å². The Labute approximate surface area is 170 Å². The number of hydrogen-bond donors (Lipinski definition) is 1. The minimum Gasteiger partial charge on any atom is -0.494 e. The molecule has 1 aliphatic rings. The van der Waals surface area contributed by atoms with Gasteiger partial charge in [0, 0.05) is 12.2 Å². The molecule has 28 heavy (non-hydrogen) atoms. The second-order valence-electron chi connectivity index (χ2n) is 8.16. The summed E-state index contributed by atoms with van der Waals surface area (Å²) in [5.74, 6) is 3.31. The summed E-state index contributed by atoms with van der Waals surface area (Å²) in [5.41, 5.74) is 2.44. The minimum absolute atomic E-state index is 0.551. The summed E-state index contributed by atoms with van der Waals surface area (Å²) < 4.78 is 11.7. The van der Waals surface area contributed by atoms with Crippen molar-refractivity contribution in [2.45, 2.75) is 58.3 Å². The van der Waals surface area contributed by atoms with Gasteiger partial charge < -0.3 is 14.8 Å². The topological polar surface area (TPSA) is 30.5 Å². The first-order valence-electron chi connectivity index (χ1n) is 10.9. The van der Waals surface area contributed by atoms with Crippen molar-refractivity contribution in [2.24, 2.45) is 5.92 Å². The lowest BCUT2D eigenvalue weighted by Gasteiger charge is -2.21. The van der Waals surface area contributed by atoms with Gasteiger partial charge in [-0.1, -0.05) is 58.1 Å². The SMILES string of the molecule is CC(C)c1ccc(OCCNc2ccc(OCCC3CCCCC3)cc2)cc1. The van der Waals surface area contributed by atoms with E-state index in [2.05, 4.69) is 67.7 Å². The van der Waals surface area contributed by atoms with Crippen molar-refractivity contribution in [1.29, 1.82) is 0 Å². The van der Waals surface area contributed by atoms with Crippen molar-refractivity contribution in [2.75, 3.05) is 25.1 Å². The molecular formula is C25H35NO2. The number of benzene rings is 2. The average Bonchev–Trinajstić information content (AvgIpc) is 2.73. The van der Waals surface area contributed by atoms with Gasteiger partial charge in [-0.15, -0.1) is 0 Å². The van der Waals surface area contributed by atoms with E-state index in [1.807, 2.05) is 0 Å². The second kappa shape index (κ2) is 11.0. The van der Waals surface area contributed by atoms with Gasteiger partial charge in [0.25, 0.3) is 0 Å². The maximum Gasteiger partial charge on any atom is 0.119 e. The van der Waals surface area contributed by atoms with Crippen LogP contribution in [0.5, 0.6) is 11.5 Å². The fourth-order valence-electron chi connectivity index (χ4n) is 3.80. The van der Waals surface area contributed by atoms with Crippen molar-refractivity contribution < 1.29 is 9.47 Å². The third-order valence-corrected chi connectivity index (χ3v) is 5.62. The molecule has 0 amide bonds. The number of ether oxygens (including phenoxy) is 2. The molecule has 1 N–H and O–H groups in total. The van der Waals surface area contributed by atoms with Crippen LogP contribution in [-0.4, -0.2) is 19.8 Å². The van der Waals surface area contributed by atoms with Crippen molar-refractivity contribution >= 4 is 5.69 Å². The Kier molecular flexibility index (Phi) is 8.07. The monoisotopic (exact) mass is 381 g/mol. The summed E-state index contributed by atoms with van der Waals surface area (Å²) >= 11 is 0. The van der Waals surface area contributed by atoms with Crippen LogP contribution in [0, 0.1) is 5.92 Å². The highest BCUT2D eigenvalue weighted by atomic mass is 16.5. The molecule has 1 saturated carbocycles. The fourth-order valence-corrected chi connectivity index (χ4v) is 3.80. The molecule has 152 valence electrons. The first-order valence-corrected chi connectivity index (χ1v) is 10.9. The summed E-state index contributed by atoms with van der Waals surface area (Å²) in [6, 6.07) is 16.6. The summed E-state index contributed by atoms with van der Waals surface area (Å²) in [6.07, 6.45) is 8.18. The molecule has 1 aliphatic carbocycles. The van der Waals surface area contributed by atoms with E-state index in [1.165, 1.54) is 44.1 Å². The van der Waals surface area contributed by atoms with Crippen LogP contribution in [0.2, 0.25) is 0 Å². The highest BCUT2D eigenvalue weighted by molar-refractivity contribution is 5.46. The van der Waals surface area contributed by atoms with E-state index >= 15 is 0 Å². The van der Waals surface area contributed by atoms with Gasteiger partial charge in [-0.3, -0.25) is 0 Å². The zero-order valence-corrected chi connectivity index (χ0v) is 17.5. The second-order valence-corrected chi connectivity index (χ2v) is 8.16. The van der Waals surface area contributed by atoms with E-state index in [1.54, 1.807) is 0 Å². The molecule has 3 heteroatoms. The van der Waals surface area contributed by atoms with E-state index in [4.69, 9.17) is 9.47 Å². The van der Waals surface area contributed by atoms with Crippen molar-refractivity contribution in [3.8, 4) is 11.5 Å².